The zero-order valence-corrected chi connectivity index (χ0v) is 17.7. The SMILES string of the molecule is CC(C)(C)c1ccc(Cn2c(/N=C/c3ccccc3Cl)nc3ccccc32)cc1. The highest BCUT2D eigenvalue weighted by Crippen LogP contribution is 2.26. The van der Waals surface area contributed by atoms with E-state index in [1.54, 1.807) is 6.21 Å². The predicted octanol–water partition coefficient (Wildman–Crippen LogP) is 6.79. The van der Waals surface area contributed by atoms with Crippen LogP contribution in [0, 0.1) is 0 Å². The zero-order chi connectivity index (χ0) is 20.4. The van der Waals surface area contributed by atoms with Gasteiger partial charge < -0.3 is 4.57 Å². The molecule has 1 heterocycles. The Morgan fingerprint density at radius 2 is 1.62 bits per heavy atom. The van der Waals surface area contributed by atoms with Crippen molar-refractivity contribution in [3.8, 4) is 0 Å². The first-order valence-electron chi connectivity index (χ1n) is 9.75. The maximum Gasteiger partial charge on any atom is 0.230 e. The molecule has 4 aromatic rings. The molecule has 0 bridgehead atoms. The average Bonchev–Trinajstić information content (AvgIpc) is 3.05. The fourth-order valence-corrected chi connectivity index (χ4v) is 3.50. The van der Waals surface area contributed by atoms with Crippen molar-refractivity contribution in [3.63, 3.8) is 0 Å². The predicted molar refractivity (Wildman–Crippen MR) is 123 cm³/mol. The van der Waals surface area contributed by atoms with Crippen LogP contribution in [0.25, 0.3) is 11.0 Å². The number of benzene rings is 3. The molecular weight excluding hydrogens is 378 g/mol. The van der Waals surface area contributed by atoms with E-state index in [0.717, 1.165) is 16.6 Å². The Balaban J connectivity index is 1.71. The number of nitrogens with zero attached hydrogens (tertiary/aromatic N) is 3. The maximum atomic E-state index is 6.27. The van der Waals surface area contributed by atoms with Gasteiger partial charge >= 0.3 is 0 Å². The highest BCUT2D eigenvalue weighted by Gasteiger charge is 2.14. The molecule has 0 N–H and O–H groups in total. The Morgan fingerprint density at radius 3 is 2.34 bits per heavy atom. The van der Waals surface area contributed by atoms with Crippen LogP contribution in [0.3, 0.4) is 0 Å². The number of fused-ring (bicyclic) bond motifs is 1. The van der Waals surface area contributed by atoms with Crippen molar-refractivity contribution in [2.24, 2.45) is 4.99 Å². The number of hydrogen-bond acceptors (Lipinski definition) is 2. The number of rotatable bonds is 4. The number of para-hydroxylation sites is 2. The summed E-state index contributed by atoms with van der Waals surface area (Å²) < 4.78 is 2.15. The molecule has 0 spiro atoms. The normalized spacial score (nSPS) is 12.1. The second-order valence-corrected chi connectivity index (χ2v) is 8.62. The zero-order valence-electron chi connectivity index (χ0n) is 16.9. The minimum atomic E-state index is 0.143. The molecule has 0 aliphatic rings. The molecule has 146 valence electrons. The lowest BCUT2D eigenvalue weighted by molar-refractivity contribution is 0.590. The molecule has 1 aromatic heterocycles. The number of aromatic nitrogens is 2. The fraction of sp³-hybridized carbons (Fsp3) is 0.200. The lowest BCUT2D eigenvalue weighted by atomic mass is 9.87. The molecule has 0 atom stereocenters. The first-order valence-corrected chi connectivity index (χ1v) is 10.1. The smallest absolute Gasteiger partial charge is 0.230 e. The van der Waals surface area contributed by atoms with Crippen LogP contribution in [0.4, 0.5) is 5.95 Å². The van der Waals surface area contributed by atoms with Gasteiger partial charge in [-0.2, -0.15) is 0 Å². The van der Waals surface area contributed by atoms with Crippen molar-refractivity contribution in [2.45, 2.75) is 32.7 Å². The van der Waals surface area contributed by atoms with Crippen molar-refractivity contribution in [1.82, 2.24) is 9.55 Å². The third kappa shape index (κ3) is 4.25. The van der Waals surface area contributed by atoms with Gasteiger partial charge in [-0.1, -0.05) is 87.0 Å². The first-order chi connectivity index (χ1) is 13.9. The number of hydrogen-bond donors (Lipinski definition) is 0. The van der Waals surface area contributed by atoms with Crippen LogP contribution < -0.4 is 0 Å². The summed E-state index contributed by atoms with van der Waals surface area (Å²) in [4.78, 5) is 9.40. The standard InChI is InChI=1S/C25H24ClN3/c1-25(2,3)20-14-12-18(13-15-20)17-29-23-11-7-6-10-22(23)28-24(29)27-16-19-8-4-5-9-21(19)26/h4-16H,17H2,1-3H3/b27-16+. The van der Waals surface area contributed by atoms with Crippen LogP contribution in [-0.4, -0.2) is 15.8 Å². The Kier molecular flexibility index (Phi) is 5.25. The quantitative estimate of drug-likeness (QED) is 0.346. The van der Waals surface area contributed by atoms with E-state index in [2.05, 4.69) is 60.7 Å². The van der Waals surface area contributed by atoms with Gasteiger partial charge in [-0.05, 0) is 34.7 Å². The number of imidazole rings is 1. The molecule has 0 aliphatic carbocycles. The lowest BCUT2D eigenvalue weighted by Crippen LogP contribution is -2.11. The third-order valence-electron chi connectivity index (χ3n) is 5.02. The monoisotopic (exact) mass is 401 g/mol. The Hall–Kier alpha value is -2.91. The van der Waals surface area contributed by atoms with Crippen LogP contribution in [0.5, 0.6) is 0 Å². The minimum Gasteiger partial charge on any atom is -0.304 e. The molecule has 0 radical (unpaired) electrons. The highest BCUT2D eigenvalue weighted by atomic mass is 35.5. The van der Waals surface area contributed by atoms with Gasteiger partial charge in [0.25, 0.3) is 0 Å². The van der Waals surface area contributed by atoms with Gasteiger partial charge in [-0.3, -0.25) is 0 Å². The van der Waals surface area contributed by atoms with Crippen LogP contribution in [-0.2, 0) is 12.0 Å². The van der Waals surface area contributed by atoms with Gasteiger partial charge in [-0.15, -0.1) is 0 Å². The van der Waals surface area contributed by atoms with Gasteiger partial charge in [0.05, 0.1) is 17.6 Å². The van der Waals surface area contributed by atoms with E-state index in [0.29, 0.717) is 17.5 Å². The molecule has 0 fully saturated rings. The minimum absolute atomic E-state index is 0.143. The topological polar surface area (TPSA) is 30.2 Å². The van der Waals surface area contributed by atoms with E-state index in [1.807, 2.05) is 42.5 Å². The molecule has 4 rings (SSSR count). The van der Waals surface area contributed by atoms with Gasteiger partial charge in [0.15, 0.2) is 0 Å². The lowest BCUT2D eigenvalue weighted by Gasteiger charge is -2.19. The maximum absolute atomic E-state index is 6.27. The Morgan fingerprint density at radius 1 is 0.931 bits per heavy atom. The van der Waals surface area contributed by atoms with Crippen molar-refractivity contribution < 1.29 is 0 Å². The summed E-state index contributed by atoms with van der Waals surface area (Å²) in [5.41, 5.74) is 5.57. The Bertz CT molecular complexity index is 1160. The average molecular weight is 402 g/mol. The molecule has 0 aliphatic heterocycles. The molecule has 4 heteroatoms. The molecule has 0 saturated heterocycles. The van der Waals surface area contributed by atoms with Gasteiger partial charge in [-0.25, -0.2) is 9.98 Å². The molecule has 3 aromatic carbocycles. The summed E-state index contributed by atoms with van der Waals surface area (Å²) in [5.74, 6) is 0.672. The van der Waals surface area contributed by atoms with E-state index < -0.39 is 0 Å². The van der Waals surface area contributed by atoms with Crippen molar-refractivity contribution in [2.75, 3.05) is 0 Å². The largest absolute Gasteiger partial charge is 0.304 e. The van der Waals surface area contributed by atoms with Crippen LogP contribution in [0.1, 0.15) is 37.5 Å². The van der Waals surface area contributed by atoms with E-state index in [4.69, 9.17) is 16.6 Å². The van der Waals surface area contributed by atoms with E-state index in [9.17, 15) is 0 Å². The second kappa shape index (κ2) is 7.84. The third-order valence-corrected chi connectivity index (χ3v) is 5.36. The second-order valence-electron chi connectivity index (χ2n) is 8.21. The fourth-order valence-electron chi connectivity index (χ4n) is 3.32. The molecule has 0 unspecified atom stereocenters. The van der Waals surface area contributed by atoms with Crippen molar-refractivity contribution in [1.29, 1.82) is 0 Å². The molecular formula is C25H24ClN3. The van der Waals surface area contributed by atoms with Gasteiger partial charge in [0.1, 0.15) is 0 Å². The van der Waals surface area contributed by atoms with E-state index in [1.165, 1.54) is 11.1 Å². The Labute approximate surface area is 176 Å². The first kappa shape index (κ1) is 19.4. The van der Waals surface area contributed by atoms with E-state index in [-0.39, 0.29) is 5.41 Å². The van der Waals surface area contributed by atoms with E-state index >= 15 is 0 Å². The number of aliphatic imine (C=N–C) groups is 1. The summed E-state index contributed by atoms with van der Waals surface area (Å²) in [6.07, 6.45) is 1.78. The molecule has 0 saturated carbocycles. The summed E-state index contributed by atoms with van der Waals surface area (Å²) in [7, 11) is 0. The summed E-state index contributed by atoms with van der Waals surface area (Å²) in [5, 5.41) is 0.677. The van der Waals surface area contributed by atoms with Gasteiger partial charge in [0.2, 0.25) is 5.95 Å². The van der Waals surface area contributed by atoms with Crippen LogP contribution >= 0.6 is 11.6 Å². The van der Waals surface area contributed by atoms with Gasteiger partial charge in [0, 0.05) is 16.8 Å². The highest BCUT2D eigenvalue weighted by molar-refractivity contribution is 6.33. The molecule has 3 nitrogen and oxygen atoms in total. The summed E-state index contributed by atoms with van der Waals surface area (Å²) >= 11 is 6.27. The van der Waals surface area contributed by atoms with Crippen LogP contribution in [0.2, 0.25) is 5.02 Å². The summed E-state index contributed by atoms with van der Waals surface area (Å²) in [6.45, 7) is 7.40. The van der Waals surface area contributed by atoms with Crippen LogP contribution in [0.15, 0.2) is 77.8 Å². The molecule has 0 amide bonds. The molecule has 29 heavy (non-hydrogen) atoms. The summed E-state index contributed by atoms with van der Waals surface area (Å²) in [6, 6.07) is 24.6. The van der Waals surface area contributed by atoms with Crippen molar-refractivity contribution in [3.05, 3.63) is 94.5 Å². The number of halogens is 1. The van der Waals surface area contributed by atoms with Crippen molar-refractivity contribution >= 4 is 34.8 Å².